The van der Waals surface area contributed by atoms with Crippen LogP contribution in [0.5, 0.6) is 0 Å². The number of hydrogen-bond donors (Lipinski definition) is 2. The van der Waals surface area contributed by atoms with Crippen molar-refractivity contribution < 1.29 is 0 Å². The van der Waals surface area contributed by atoms with Gasteiger partial charge in [-0.05, 0) is 44.4 Å². The molecule has 3 N–H and O–H groups in total. The number of nitrogens with two attached hydrogens (primary N) is 1. The number of nitrogens with one attached hydrogen (secondary N) is 1. The van der Waals surface area contributed by atoms with E-state index < -0.39 is 5.54 Å². The fourth-order valence-corrected chi connectivity index (χ4v) is 3.88. The van der Waals surface area contributed by atoms with Crippen molar-refractivity contribution in [3.8, 4) is 0 Å². The minimum absolute atomic E-state index is 0. The number of aromatic amines is 1. The van der Waals surface area contributed by atoms with E-state index in [1.165, 1.54) is 11.1 Å². The zero-order valence-corrected chi connectivity index (χ0v) is 13.1. The van der Waals surface area contributed by atoms with Gasteiger partial charge in [0.1, 0.15) is 0 Å². The van der Waals surface area contributed by atoms with Gasteiger partial charge in [-0.1, -0.05) is 17.7 Å². The maximum absolute atomic E-state index is 11.6. The van der Waals surface area contributed by atoms with Gasteiger partial charge in [-0.15, -0.1) is 0 Å². The Bertz CT molecular complexity index is 658. The number of rotatable bonds is 0. The summed E-state index contributed by atoms with van der Waals surface area (Å²) < 4.78 is 0. The summed E-state index contributed by atoms with van der Waals surface area (Å²) in [4.78, 5) is 14.6. The van der Waals surface area contributed by atoms with Crippen LogP contribution < -0.4 is 11.3 Å². The Kier molecular flexibility index (Phi) is 3.11. The number of H-pyrrole nitrogens is 1. The van der Waals surface area contributed by atoms with Gasteiger partial charge in [0.2, 0.25) is 5.56 Å². The summed E-state index contributed by atoms with van der Waals surface area (Å²) in [5.74, 6) is 0. The lowest BCUT2D eigenvalue weighted by Gasteiger charge is -2.37. The first-order valence-electron chi connectivity index (χ1n) is 6.30. The molecule has 0 saturated heterocycles. The molecule has 1 heterocycles. The molecule has 3 atom stereocenters. The summed E-state index contributed by atoms with van der Waals surface area (Å²) in [6.07, 6.45) is 5.15. The molecule has 0 saturated carbocycles. The van der Waals surface area contributed by atoms with Crippen molar-refractivity contribution in [3.63, 3.8) is 0 Å². The Morgan fingerprint density at radius 1 is 1.42 bits per heavy atom. The van der Waals surface area contributed by atoms with Crippen molar-refractivity contribution in [1.29, 1.82) is 0 Å². The van der Waals surface area contributed by atoms with Gasteiger partial charge in [0.15, 0.2) is 0 Å². The van der Waals surface area contributed by atoms with E-state index in [0.29, 0.717) is 0 Å². The largest absolute Gasteiger partial charge is 0.325 e. The van der Waals surface area contributed by atoms with Crippen molar-refractivity contribution in [2.24, 2.45) is 5.73 Å². The molecule has 3 nitrogen and oxygen atoms in total. The molecule has 102 valence electrons. The summed E-state index contributed by atoms with van der Waals surface area (Å²) in [7, 11) is 0. The number of pyridine rings is 1. The molecule has 4 heteroatoms. The van der Waals surface area contributed by atoms with E-state index in [4.69, 9.17) is 5.73 Å². The van der Waals surface area contributed by atoms with Crippen LogP contribution in [0.25, 0.3) is 0 Å². The molecule has 0 amide bonds. The van der Waals surface area contributed by atoms with Gasteiger partial charge in [0.25, 0.3) is 0 Å². The van der Waals surface area contributed by atoms with Crippen molar-refractivity contribution >= 4 is 9.90 Å². The van der Waals surface area contributed by atoms with E-state index in [1.807, 2.05) is 13.0 Å². The van der Waals surface area contributed by atoms with Crippen molar-refractivity contribution in [2.75, 3.05) is 0 Å². The van der Waals surface area contributed by atoms with Crippen molar-refractivity contribution in [1.82, 2.24) is 4.98 Å². The highest BCUT2D eigenvalue weighted by Gasteiger charge is 2.54. The van der Waals surface area contributed by atoms with Crippen LogP contribution in [0.4, 0.5) is 0 Å². The summed E-state index contributed by atoms with van der Waals surface area (Å²) in [5, 5.41) is 0. The third-order valence-electron chi connectivity index (χ3n) is 4.34. The van der Waals surface area contributed by atoms with Gasteiger partial charge in [0, 0.05) is 17.2 Å². The molecular weight excluding hydrogens is 255 g/mol. The smallest absolute Gasteiger partial charge is 0.248 e. The first-order chi connectivity index (χ1) is 8.41. The van der Waals surface area contributed by atoms with E-state index >= 15 is 0 Å². The van der Waals surface area contributed by atoms with Gasteiger partial charge in [0.05, 0.1) is 5.54 Å². The molecule has 19 heavy (non-hydrogen) atoms. The van der Waals surface area contributed by atoms with Crippen LogP contribution in [-0.2, 0) is 11.0 Å². The fourth-order valence-electron chi connectivity index (χ4n) is 3.88. The van der Waals surface area contributed by atoms with E-state index in [2.05, 4.69) is 31.0 Å². The number of hydrogen-bond acceptors (Lipinski definition) is 2. The van der Waals surface area contributed by atoms with Crippen LogP contribution in [0.3, 0.4) is 0 Å². The van der Waals surface area contributed by atoms with Crippen LogP contribution in [0.2, 0.25) is 0 Å². The lowest BCUT2D eigenvalue weighted by Crippen LogP contribution is -2.41. The molecule has 0 fully saturated rings. The summed E-state index contributed by atoms with van der Waals surface area (Å²) in [6.45, 7) is 6.26. The zero-order valence-electron chi connectivity index (χ0n) is 11.7. The lowest BCUT2D eigenvalue weighted by molar-refractivity contribution is 0.475. The predicted molar refractivity (Wildman–Crippen MR) is 83.5 cm³/mol. The molecule has 1 aromatic rings. The van der Waals surface area contributed by atoms with Gasteiger partial charge >= 0.3 is 0 Å². The van der Waals surface area contributed by atoms with Crippen LogP contribution in [-0.4, -0.2) is 4.98 Å². The first kappa shape index (κ1) is 14.2. The molecule has 0 radical (unpaired) electrons. The quantitative estimate of drug-likeness (QED) is 0.563. The van der Waals surface area contributed by atoms with E-state index in [1.54, 1.807) is 6.07 Å². The number of aromatic nitrogens is 1. The fraction of sp³-hybridized carbons (Fsp3) is 0.400. The highest BCUT2D eigenvalue weighted by molar-refractivity contribution is 6.92. The molecule has 1 aromatic heterocycles. The molecule has 2 unspecified atom stereocenters. The second kappa shape index (κ2) is 4.16. The second-order valence-corrected chi connectivity index (χ2v) is 5.65. The van der Waals surface area contributed by atoms with Gasteiger partial charge < -0.3 is 10.7 Å². The Morgan fingerprint density at radius 3 is 2.74 bits per heavy atom. The average molecular weight is 276 g/mol. The Hall–Kier alpha value is -1.18. The highest BCUT2D eigenvalue weighted by atomic mass is 31.0. The maximum Gasteiger partial charge on any atom is 0.248 e. The molecule has 0 aliphatic heterocycles. The minimum Gasteiger partial charge on any atom is -0.325 e. The topological polar surface area (TPSA) is 58.9 Å². The first-order valence-corrected chi connectivity index (χ1v) is 6.30. The summed E-state index contributed by atoms with van der Waals surface area (Å²) in [5.41, 5.74) is 10.4. The third-order valence-corrected chi connectivity index (χ3v) is 4.34. The Balaban J connectivity index is 0.00000133. The minimum atomic E-state index is -0.456. The SMILES string of the molecule is C/C=C1\C2(C)C=C(C)C[C@]1(N)c1ccc(=O)[nH]c12.P. The molecule has 0 aromatic carbocycles. The molecule has 0 spiro atoms. The van der Waals surface area contributed by atoms with Gasteiger partial charge in [-0.25, -0.2) is 0 Å². The summed E-state index contributed by atoms with van der Waals surface area (Å²) >= 11 is 0. The maximum atomic E-state index is 11.6. The number of allylic oxidation sites excluding steroid dienone is 2. The Labute approximate surface area is 116 Å². The van der Waals surface area contributed by atoms with Crippen LogP contribution >= 0.6 is 9.90 Å². The molecular formula is C15H21N2OP. The van der Waals surface area contributed by atoms with Crippen molar-refractivity contribution in [3.05, 3.63) is 57.0 Å². The van der Waals surface area contributed by atoms with Gasteiger partial charge in [-0.2, -0.15) is 9.90 Å². The molecule has 2 bridgehead atoms. The molecule has 2 aliphatic rings. The molecule has 2 aliphatic carbocycles. The van der Waals surface area contributed by atoms with E-state index in [9.17, 15) is 4.79 Å². The van der Waals surface area contributed by atoms with E-state index in [-0.39, 0.29) is 20.9 Å². The highest BCUT2D eigenvalue weighted by Crippen LogP contribution is 2.56. The summed E-state index contributed by atoms with van der Waals surface area (Å²) in [6, 6.07) is 3.45. The van der Waals surface area contributed by atoms with E-state index in [0.717, 1.165) is 17.7 Å². The lowest BCUT2D eigenvalue weighted by atomic mass is 9.70. The van der Waals surface area contributed by atoms with Crippen LogP contribution in [0.15, 0.2) is 40.2 Å². The number of fused-ring (bicyclic) bond motifs is 5. The average Bonchev–Trinajstić information content (AvgIpc) is 2.38. The monoisotopic (exact) mass is 276 g/mol. The normalized spacial score (nSPS) is 33.7. The third kappa shape index (κ3) is 1.62. The predicted octanol–water partition coefficient (Wildman–Crippen LogP) is 2.15. The van der Waals surface area contributed by atoms with Crippen LogP contribution in [0.1, 0.15) is 38.4 Å². The second-order valence-electron chi connectivity index (χ2n) is 5.65. The zero-order chi connectivity index (χ0) is 13.1. The Morgan fingerprint density at radius 2 is 2.11 bits per heavy atom. The van der Waals surface area contributed by atoms with Crippen LogP contribution in [0, 0.1) is 0 Å². The van der Waals surface area contributed by atoms with Gasteiger partial charge in [-0.3, -0.25) is 4.79 Å². The van der Waals surface area contributed by atoms with Crippen molar-refractivity contribution in [2.45, 2.75) is 38.1 Å². The standard InChI is InChI=1S/C15H18N2O.H3P/c1-4-11-14(3)7-9(2)8-15(11,16)10-5-6-12(18)17-13(10)14;/h4-7H,8,16H2,1-3H3,(H,17,18);1H3/b11-4+;/t14?,15-;/m0./s1. The molecule has 3 rings (SSSR count).